The van der Waals surface area contributed by atoms with Crippen LogP contribution in [0.2, 0.25) is 0 Å². The molecule has 50 valence electrons. The van der Waals surface area contributed by atoms with Gasteiger partial charge in [0.05, 0.1) is 5.69 Å². The lowest BCUT2D eigenvalue weighted by Gasteiger charge is -1.88. The van der Waals surface area contributed by atoms with Crippen LogP contribution in [0.1, 0.15) is 0 Å². The Morgan fingerprint density at radius 3 is 2.40 bits per heavy atom. The fraction of sp³-hybridized carbons (Fsp3) is 0. The van der Waals surface area contributed by atoms with Crippen molar-refractivity contribution in [3.8, 4) is 0 Å². The maximum absolute atomic E-state index is 9.77. The highest BCUT2D eigenvalue weighted by Crippen LogP contribution is 2.12. The molecule has 0 N–H and O–H groups in total. The van der Waals surface area contributed by atoms with E-state index in [-0.39, 0.29) is 0 Å². The Morgan fingerprint density at radius 2 is 1.90 bits per heavy atom. The fourth-order valence-corrected chi connectivity index (χ4v) is 0.928. The van der Waals surface area contributed by atoms with Gasteiger partial charge < -0.3 is 0 Å². The summed E-state index contributed by atoms with van der Waals surface area (Å²) in [7, 11) is 0. The molecular formula is C7H4INO. The molecule has 0 aromatic heterocycles. The van der Waals surface area contributed by atoms with E-state index in [1.807, 2.05) is 12.1 Å². The third-order valence-electron chi connectivity index (χ3n) is 1.00. The zero-order chi connectivity index (χ0) is 7.40. The molecule has 0 heterocycles. The van der Waals surface area contributed by atoms with Crippen LogP contribution in [0.5, 0.6) is 0 Å². The predicted molar refractivity (Wildman–Crippen MR) is 46.9 cm³/mol. The van der Waals surface area contributed by atoms with Gasteiger partial charge in [-0.25, -0.2) is 4.79 Å². The van der Waals surface area contributed by atoms with Gasteiger partial charge in [0.25, 0.3) is 0 Å². The molecule has 0 saturated carbocycles. The van der Waals surface area contributed by atoms with Gasteiger partial charge in [-0.05, 0) is 46.9 Å². The Labute approximate surface area is 72.1 Å². The molecule has 1 aromatic rings. The number of isocyanates is 1. The average Bonchev–Trinajstić information content (AvgIpc) is 1.95. The van der Waals surface area contributed by atoms with E-state index in [0.717, 1.165) is 3.57 Å². The van der Waals surface area contributed by atoms with Crippen LogP contribution in [0.15, 0.2) is 29.3 Å². The number of benzene rings is 1. The van der Waals surface area contributed by atoms with Crippen LogP contribution in [0, 0.1) is 3.57 Å². The summed E-state index contributed by atoms with van der Waals surface area (Å²) in [6.45, 7) is 0. The first-order chi connectivity index (χ1) is 4.83. The average molecular weight is 245 g/mol. The van der Waals surface area contributed by atoms with Gasteiger partial charge in [0, 0.05) is 3.57 Å². The van der Waals surface area contributed by atoms with Crippen molar-refractivity contribution in [2.24, 2.45) is 4.99 Å². The van der Waals surface area contributed by atoms with Crippen LogP contribution in [-0.2, 0) is 4.79 Å². The monoisotopic (exact) mass is 245 g/mol. The normalized spacial score (nSPS) is 8.50. The molecular weight excluding hydrogens is 241 g/mol. The molecule has 0 saturated heterocycles. The molecule has 1 rings (SSSR count). The zero-order valence-electron chi connectivity index (χ0n) is 5.04. The minimum absolute atomic E-state index is 0.649. The molecule has 0 radical (unpaired) electrons. The van der Waals surface area contributed by atoms with Crippen molar-refractivity contribution in [2.75, 3.05) is 0 Å². The van der Waals surface area contributed by atoms with Crippen molar-refractivity contribution in [3.05, 3.63) is 27.8 Å². The molecule has 3 heteroatoms. The highest BCUT2D eigenvalue weighted by molar-refractivity contribution is 14.1. The second-order valence-electron chi connectivity index (χ2n) is 1.68. The highest BCUT2D eigenvalue weighted by Gasteiger charge is 1.86. The molecule has 10 heavy (non-hydrogen) atoms. The molecule has 0 unspecified atom stereocenters. The van der Waals surface area contributed by atoms with Gasteiger partial charge in [-0.1, -0.05) is 0 Å². The molecule has 0 bridgehead atoms. The first-order valence-corrected chi connectivity index (χ1v) is 3.74. The Morgan fingerprint density at radius 1 is 1.30 bits per heavy atom. The predicted octanol–water partition coefficient (Wildman–Crippen LogP) is 2.26. The topological polar surface area (TPSA) is 29.4 Å². The van der Waals surface area contributed by atoms with E-state index >= 15 is 0 Å². The van der Waals surface area contributed by atoms with Crippen molar-refractivity contribution in [1.82, 2.24) is 0 Å². The summed E-state index contributed by atoms with van der Waals surface area (Å²) in [5.41, 5.74) is 0.649. The van der Waals surface area contributed by atoms with Gasteiger partial charge in [-0.2, -0.15) is 4.99 Å². The molecule has 0 aliphatic heterocycles. The largest absolute Gasteiger partial charge is 0.240 e. The van der Waals surface area contributed by atoms with Gasteiger partial charge in [-0.15, -0.1) is 0 Å². The number of hydrogen-bond acceptors (Lipinski definition) is 2. The second kappa shape index (κ2) is 3.49. The van der Waals surface area contributed by atoms with Gasteiger partial charge in [0.15, 0.2) is 0 Å². The Kier molecular flexibility index (Phi) is 2.59. The van der Waals surface area contributed by atoms with E-state index in [1.165, 1.54) is 6.08 Å². The number of nitrogens with zero attached hydrogens (tertiary/aromatic N) is 1. The van der Waals surface area contributed by atoms with Gasteiger partial charge >= 0.3 is 0 Å². The number of aliphatic imine (C=N–C) groups is 1. The summed E-state index contributed by atoms with van der Waals surface area (Å²) in [4.78, 5) is 13.2. The van der Waals surface area contributed by atoms with E-state index in [1.54, 1.807) is 12.1 Å². The summed E-state index contributed by atoms with van der Waals surface area (Å²) in [5, 5.41) is 0. The van der Waals surface area contributed by atoms with Crippen molar-refractivity contribution in [2.45, 2.75) is 0 Å². The molecule has 0 fully saturated rings. The maximum atomic E-state index is 9.77. The minimum Gasteiger partial charge on any atom is -0.211 e. The standard InChI is InChI=1S/C7H4INO/c8-6-1-3-7(4-2-6)9-5-10/h1-4H. The summed E-state index contributed by atoms with van der Waals surface area (Å²) in [5.74, 6) is 0. The minimum atomic E-state index is 0.649. The quantitative estimate of drug-likeness (QED) is 0.424. The van der Waals surface area contributed by atoms with Crippen LogP contribution in [0.4, 0.5) is 5.69 Å². The summed E-state index contributed by atoms with van der Waals surface area (Å²) >= 11 is 2.18. The lowest BCUT2D eigenvalue weighted by Crippen LogP contribution is -1.66. The molecule has 0 atom stereocenters. The van der Waals surface area contributed by atoms with E-state index in [0.29, 0.717) is 5.69 Å². The van der Waals surface area contributed by atoms with Crippen molar-refractivity contribution < 1.29 is 4.79 Å². The molecule has 0 spiro atoms. The van der Waals surface area contributed by atoms with Crippen LogP contribution < -0.4 is 0 Å². The van der Waals surface area contributed by atoms with E-state index < -0.39 is 0 Å². The Bertz CT molecular complexity index is 261. The Balaban J connectivity index is 3.00. The third-order valence-corrected chi connectivity index (χ3v) is 1.72. The zero-order valence-corrected chi connectivity index (χ0v) is 7.20. The van der Waals surface area contributed by atoms with Crippen molar-refractivity contribution in [3.63, 3.8) is 0 Å². The summed E-state index contributed by atoms with van der Waals surface area (Å²) < 4.78 is 1.13. The van der Waals surface area contributed by atoms with E-state index in [2.05, 4.69) is 27.6 Å². The number of halogens is 1. The SMILES string of the molecule is O=C=Nc1ccc(I)cc1. The van der Waals surface area contributed by atoms with Crippen molar-refractivity contribution >= 4 is 34.4 Å². The van der Waals surface area contributed by atoms with Gasteiger partial charge in [-0.3, -0.25) is 0 Å². The maximum Gasteiger partial charge on any atom is 0.240 e. The van der Waals surface area contributed by atoms with Crippen molar-refractivity contribution in [1.29, 1.82) is 0 Å². The third kappa shape index (κ3) is 1.93. The molecule has 0 aliphatic rings. The van der Waals surface area contributed by atoms with Crippen LogP contribution in [0.3, 0.4) is 0 Å². The van der Waals surface area contributed by atoms with Crippen LogP contribution in [0.25, 0.3) is 0 Å². The number of rotatable bonds is 1. The second-order valence-corrected chi connectivity index (χ2v) is 2.93. The number of hydrogen-bond donors (Lipinski definition) is 0. The Hall–Kier alpha value is -0.670. The lowest BCUT2D eigenvalue weighted by molar-refractivity contribution is 0.565. The molecule has 0 aliphatic carbocycles. The van der Waals surface area contributed by atoms with Crippen LogP contribution >= 0.6 is 22.6 Å². The first-order valence-electron chi connectivity index (χ1n) is 2.66. The molecule has 2 nitrogen and oxygen atoms in total. The smallest absolute Gasteiger partial charge is 0.211 e. The lowest BCUT2D eigenvalue weighted by atomic mass is 10.3. The highest BCUT2D eigenvalue weighted by atomic mass is 127. The van der Waals surface area contributed by atoms with Crippen LogP contribution in [-0.4, -0.2) is 6.08 Å². The summed E-state index contributed by atoms with van der Waals surface area (Å²) in [6.07, 6.45) is 1.48. The summed E-state index contributed by atoms with van der Waals surface area (Å²) in [6, 6.07) is 7.31. The van der Waals surface area contributed by atoms with E-state index in [4.69, 9.17) is 0 Å². The molecule has 0 amide bonds. The number of carbonyl (C=O) groups excluding carboxylic acids is 1. The first kappa shape index (κ1) is 7.44. The molecule has 1 aromatic carbocycles. The van der Waals surface area contributed by atoms with E-state index in [9.17, 15) is 4.79 Å². The van der Waals surface area contributed by atoms with Gasteiger partial charge in [0.2, 0.25) is 6.08 Å². The fourth-order valence-electron chi connectivity index (χ4n) is 0.568. The van der Waals surface area contributed by atoms with Gasteiger partial charge in [0.1, 0.15) is 0 Å².